The van der Waals surface area contributed by atoms with Crippen LogP contribution in [0.4, 0.5) is 0 Å². The number of carbonyl (C=O) groups excluding carboxylic acids is 1. The molecule has 0 bridgehead atoms. The first-order valence-corrected chi connectivity index (χ1v) is 5.39. The number of hydrogen-bond acceptors (Lipinski definition) is 3. The average molecular weight is 228 g/mol. The molecule has 2 unspecified atom stereocenters. The first-order valence-electron chi connectivity index (χ1n) is 5.39. The number of amides is 1. The lowest BCUT2D eigenvalue weighted by Gasteiger charge is -2.18. The second kappa shape index (κ2) is 7.87. The van der Waals surface area contributed by atoms with Gasteiger partial charge in [0.25, 0.3) is 0 Å². The number of hydrogen-bond donors (Lipinski definition) is 3. The van der Waals surface area contributed by atoms with E-state index in [1.54, 1.807) is 6.08 Å². The Morgan fingerprint density at radius 1 is 1.56 bits per heavy atom. The Hall–Kier alpha value is -1.36. The summed E-state index contributed by atoms with van der Waals surface area (Å²) in [6.07, 6.45) is 3.34. The van der Waals surface area contributed by atoms with Gasteiger partial charge in [-0.2, -0.15) is 0 Å². The maximum Gasteiger partial charge on any atom is 0.305 e. The molecule has 0 saturated heterocycles. The molecule has 0 aromatic heterocycles. The highest BCUT2D eigenvalue weighted by Crippen LogP contribution is 2.03. The quantitative estimate of drug-likeness (QED) is 0.532. The average Bonchev–Trinajstić information content (AvgIpc) is 2.17. The lowest BCUT2D eigenvalue weighted by Crippen LogP contribution is -2.45. The molecular weight excluding hydrogens is 208 g/mol. The Labute approximate surface area is 95.7 Å². The van der Waals surface area contributed by atoms with Gasteiger partial charge >= 0.3 is 5.97 Å². The second-order valence-electron chi connectivity index (χ2n) is 3.72. The van der Waals surface area contributed by atoms with E-state index < -0.39 is 12.0 Å². The third-order valence-corrected chi connectivity index (χ3v) is 2.16. The van der Waals surface area contributed by atoms with Gasteiger partial charge in [0.05, 0.1) is 12.5 Å². The fourth-order valence-electron chi connectivity index (χ4n) is 1.38. The van der Waals surface area contributed by atoms with E-state index >= 15 is 0 Å². The van der Waals surface area contributed by atoms with Crippen molar-refractivity contribution in [3.8, 4) is 0 Å². The van der Waals surface area contributed by atoms with Crippen LogP contribution in [0.1, 0.15) is 32.6 Å². The third-order valence-electron chi connectivity index (χ3n) is 2.16. The van der Waals surface area contributed by atoms with Crippen molar-refractivity contribution in [3.05, 3.63) is 12.7 Å². The summed E-state index contributed by atoms with van der Waals surface area (Å²) < 4.78 is 0. The molecule has 4 N–H and O–H groups in total. The molecule has 0 aliphatic rings. The van der Waals surface area contributed by atoms with E-state index in [0.717, 1.165) is 6.42 Å². The van der Waals surface area contributed by atoms with Gasteiger partial charge in [-0.1, -0.05) is 19.4 Å². The Balaban J connectivity index is 4.21. The zero-order chi connectivity index (χ0) is 12.6. The summed E-state index contributed by atoms with van der Waals surface area (Å²) in [7, 11) is 0. The van der Waals surface area contributed by atoms with E-state index in [9.17, 15) is 9.59 Å². The molecule has 0 spiro atoms. The predicted octanol–water partition coefficient (Wildman–Crippen LogP) is 0.649. The normalized spacial score (nSPS) is 13.9. The van der Waals surface area contributed by atoms with Crippen LogP contribution in [0.2, 0.25) is 0 Å². The largest absolute Gasteiger partial charge is 0.481 e. The molecule has 0 rings (SSSR count). The van der Waals surface area contributed by atoms with Crippen molar-refractivity contribution < 1.29 is 14.7 Å². The molecule has 1 amide bonds. The van der Waals surface area contributed by atoms with Gasteiger partial charge in [-0.15, -0.1) is 6.58 Å². The summed E-state index contributed by atoms with van der Waals surface area (Å²) in [6.45, 7) is 5.43. The molecule has 0 aromatic carbocycles. The van der Waals surface area contributed by atoms with Gasteiger partial charge in [0.1, 0.15) is 0 Å². The van der Waals surface area contributed by atoms with Crippen molar-refractivity contribution in [3.63, 3.8) is 0 Å². The number of nitrogens with one attached hydrogen (secondary N) is 1. The minimum absolute atomic E-state index is 0.0691. The molecule has 5 nitrogen and oxygen atoms in total. The smallest absolute Gasteiger partial charge is 0.305 e. The second-order valence-corrected chi connectivity index (χ2v) is 3.72. The van der Waals surface area contributed by atoms with Gasteiger partial charge in [-0.05, 0) is 12.8 Å². The highest BCUT2D eigenvalue weighted by atomic mass is 16.4. The monoisotopic (exact) mass is 228 g/mol. The molecular formula is C11H20N2O3. The molecule has 0 radical (unpaired) electrons. The van der Waals surface area contributed by atoms with Crippen LogP contribution in [0, 0.1) is 0 Å². The molecule has 2 atom stereocenters. The van der Waals surface area contributed by atoms with Crippen molar-refractivity contribution in [2.45, 2.75) is 44.7 Å². The summed E-state index contributed by atoms with van der Waals surface area (Å²) in [5, 5.41) is 11.3. The van der Waals surface area contributed by atoms with E-state index in [2.05, 4.69) is 11.9 Å². The van der Waals surface area contributed by atoms with Crippen molar-refractivity contribution in [2.24, 2.45) is 5.73 Å². The van der Waals surface area contributed by atoms with Crippen LogP contribution in [-0.2, 0) is 9.59 Å². The molecule has 0 aromatic rings. The number of carboxylic acids is 1. The van der Waals surface area contributed by atoms with Crippen LogP contribution in [0.15, 0.2) is 12.7 Å². The van der Waals surface area contributed by atoms with Crippen LogP contribution in [0.5, 0.6) is 0 Å². The first-order chi connectivity index (χ1) is 7.51. The van der Waals surface area contributed by atoms with Crippen LogP contribution in [0.3, 0.4) is 0 Å². The Bertz CT molecular complexity index is 254. The summed E-state index contributed by atoms with van der Waals surface area (Å²) >= 11 is 0. The number of carbonyl (C=O) groups is 2. The Morgan fingerprint density at radius 2 is 2.19 bits per heavy atom. The summed E-state index contributed by atoms with van der Waals surface area (Å²) in [6, 6.07) is -0.989. The van der Waals surface area contributed by atoms with E-state index in [-0.39, 0.29) is 18.4 Å². The predicted molar refractivity (Wildman–Crippen MR) is 61.9 cm³/mol. The maximum atomic E-state index is 11.5. The standard InChI is InChI=1S/C11H20N2O3/c1-3-5-8(7-10(14)15)13-11(16)9(12)6-4-2/h4,8-9H,2-3,5-7,12H2,1H3,(H,13,16)(H,14,15). The molecule has 92 valence electrons. The highest BCUT2D eigenvalue weighted by Gasteiger charge is 2.18. The maximum absolute atomic E-state index is 11.5. The lowest BCUT2D eigenvalue weighted by molar-refractivity contribution is -0.137. The van der Waals surface area contributed by atoms with Crippen LogP contribution in [-0.4, -0.2) is 29.1 Å². The van der Waals surface area contributed by atoms with E-state index in [4.69, 9.17) is 10.8 Å². The Kier molecular flexibility index (Phi) is 7.20. The van der Waals surface area contributed by atoms with Crippen molar-refractivity contribution >= 4 is 11.9 Å². The minimum atomic E-state index is -0.920. The molecule has 0 saturated carbocycles. The number of aliphatic carboxylic acids is 1. The fourth-order valence-corrected chi connectivity index (χ4v) is 1.38. The summed E-state index contributed by atoms with van der Waals surface area (Å²) in [5.74, 6) is -1.24. The van der Waals surface area contributed by atoms with Gasteiger partial charge in [-0.3, -0.25) is 9.59 Å². The van der Waals surface area contributed by atoms with Gasteiger partial charge in [0.15, 0.2) is 0 Å². The summed E-state index contributed by atoms with van der Waals surface area (Å²) in [4.78, 5) is 22.1. The summed E-state index contributed by atoms with van der Waals surface area (Å²) in [5.41, 5.74) is 5.57. The number of carboxylic acid groups (broad SMARTS) is 1. The van der Waals surface area contributed by atoms with Gasteiger partial charge in [-0.25, -0.2) is 0 Å². The van der Waals surface area contributed by atoms with Crippen molar-refractivity contribution in [1.82, 2.24) is 5.32 Å². The number of nitrogens with two attached hydrogens (primary N) is 1. The molecule has 0 aliphatic carbocycles. The van der Waals surface area contributed by atoms with Crippen LogP contribution < -0.4 is 11.1 Å². The SMILES string of the molecule is C=CCC(N)C(=O)NC(CCC)CC(=O)O. The molecule has 5 heteroatoms. The fraction of sp³-hybridized carbons (Fsp3) is 0.636. The number of rotatable bonds is 8. The van der Waals surface area contributed by atoms with Crippen LogP contribution in [0.25, 0.3) is 0 Å². The topological polar surface area (TPSA) is 92.4 Å². The Morgan fingerprint density at radius 3 is 2.62 bits per heavy atom. The zero-order valence-electron chi connectivity index (χ0n) is 9.61. The highest BCUT2D eigenvalue weighted by molar-refractivity contribution is 5.82. The lowest BCUT2D eigenvalue weighted by atomic mass is 10.1. The molecule has 0 aliphatic heterocycles. The van der Waals surface area contributed by atoms with Crippen molar-refractivity contribution in [1.29, 1.82) is 0 Å². The first kappa shape index (κ1) is 14.6. The third kappa shape index (κ3) is 6.19. The van der Waals surface area contributed by atoms with Gasteiger partial charge in [0, 0.05) is 6.04 Å². The van der Waals surface area contributed by atoms with Gasteiger partial charge in [0.2, 0.25) is 5.91 Å². The van der Waals surface area contributed by atoms with E-state index in [0.29, 0.717) is 12.8 Å². The zero-order valence-corrected chi connectivity index (χ0v) is 9.61. The van der Waals surface area contributed by atoms with Crippen molar-refractivity contribution in [2.75, 3.05) is 0 Å². The molecule has 0 fully saturated rings. The van der Waals surface area contributed by atoms with Crippen LogP contribution >= 0.6 is 0 Å². The minimum Gasteiger partial charge on any atom is -0.481 e. The molecule has 16 heavy (non-hydrogen) atoms. The van der Waals surface area contributed by atoms with Gasteiger partial charge < -0.3 is 16.2 Å². The van der Waals surface area contributed by atoms with E-state index in [1.807, 2.05) is 6.92 Å². The molecule has 0 heterocycles. The van der Waals surface area contributed by atoms with E-state index in [1.165, 1.54) is 0 Å².